The summed E-state index contributed by atoms with van der Waals surface area (Å²) in [6.07, 6.45) is 3.55. The van der Waals surface area contributed by atoms with E-state index in [2.05, 4.69) is 41.3 Å². The SMILES string of the molecule is C[C@@H](Cc1ccccc1)C(=O)O.N[C@@H](Cc1ccccc1)C(=O)O.N[C@H](CO)Cc1ccccc1.O=C[C@H](Cc1ccccc1)N(Cc1ccccc1)Cc1ccccc1. The highest BCUT2D eigenvalue weighted by Gasteiger charge is 2.19. The first-order chi connectivity index (χ1) is 29.1. The highest BCUT2D eigenvalue weighted by atomic mass is 16.4. The lowest BCUT2D eigenvalue weighted by molar-refractivity contribution is -0.141. The van der Waals surface area contributed by atoms with Crippen LogP contribution in [0, 0.1) is 5.92 Å². The maximum absolute atomic E-state index is 11.9. The van der Waals surface area contributed by atoms with E-state index in [0.29, 0.717) is 12.8 Å². The van der Waals surface area contributed by atoms with E-state index in [9.17, 15) is 14.4 Å². The van der Waals surface area contributed by atoms with Crippen molar-refractivity contribution in [2.75, 3.05) is 6.61 Å². The minimum absolute atomic E-state index is 0.0505. The van der Waals surface area contributed by atoms with E-state index in [0.717, 1.165) is 43.3 Å². The minimum atomic E-state index is -0.959. The van der Waals surface area contributed by atoms with Gasteiger partial charge < -0.3 is 31.6 Å². The van der Waals surface area contributed by atoms with Crippen LogP contribution in [0.5, 0.6) is 0 Å². The number of aliphatic hydroxyl groups is 1. The number of hydrogen-bond acceptors (Lipinski definition) is 7. The number of rotatable bonds is 17. The van der Waals surface area contributed by atoms with Gasteiger partial charge in [-0.15, -0.1) is 0 Å². The molecule has 0 bridgehead atoms. The molecule has 4 atom stereocenters. The monoisotopic (exact) mass is 809 g/mol. The van der Waals surface area contributed by atoms with Crippen LogP contribution in [0.15, 0.2) is 182 Å². The van der Waals surface area contributed by atoms with E-state index in [4.69, 9.17) is 26.8 Å². The first-order valence-corrected chi connectivity index (χ1v) is 20.1. The summed E-state index contributed by atoms with van der Waals surface area (Å²) in [7, 11) is 0. The van der Waals surface area contributed by atoms with Crippen LogP contribution < -0.4 is 11.5 Å². The third kappa shape index (κ3) is 20.0. The van der Waals surface area contributed by atoms with Crippen LogP contribution in [-0.4, -0.2) is 63.2 Å². The van der Waals surface area contributed by atoms with Crippen molar-refractivity contribution in [2.45, 2.75) is 63.8 Å². The number of aldehydes is 1. The van der Waals surface area contributed by atoms with Gasteiger partial charge in [0.05, 0.1) is 18.6 Å². The van der Waals surface area contributed by atoms with Crippen molar-refractivity contribution in [1.29, 1.82) is 0 Å². The van der Waals surface area contributed by atoms with Crippen LogP contribution in [0.4, 0.5) is 0 Å². The van der Waals surface area contributed by atoms with E-state index in [1.54, 1.807) is 6.92 Å². The summed E-state index contributed by atoms with van der Waals surface area (Å²) in [5.41, 5.74) is 17.7. The van der Waals surface area contributed by atoms with E-state index >= 15 is 0 Å². The molecule has 6 aromatic carbocycles. The zero-order valence-electron chi connectivity index (χ0n) is 34.3. The maximum Gasteiger partial charge on any atom is 0.320 e. The lowest BCUT2D eigenvalue weighted by Crippen LogP contribution is -2.37. The standard InChI is InChI=1S/C23H23NO.C10H12O2.C9H11NO2.C9H13NO/c25-19-23(16-20-10-4-1-5-11-20)24(17-21-12-6-2-7-13-21)18-22-14-8-3-9-15-22;1-8(10(11)12)7-9-5-3-2-4-6-9;10-8(9(11)12)6-7-4-2-1-3-5-7;10-9(7-11)6-8-4-2-1-3-5-8/h1-15,19,23H,16-18H2;2-6,8H,7H2,1H3,(H,11,12);1-5,8H,6,10H2,(H,11,12);1-5,9,11H,6-7,10H2/t23-;2*8-;9-/m0000/s1. The molecule has 0 saturated carbocycles. The van der Waals surface area contributed by atoms with Crippen LogP contribution >= 0.6 is 0 Å². The van der Waals surface area contributed by atoms with Gasteiger partial charge in [-0.25, -0.2) is 0 Å². The van der Waals surface area contributed by atoms with Crippen molar-refractivity contribution in [2.24, 2.45) is 17.4 Å². The molecule has 9 heteroatoms. The molecule has 0 spiro atoms. The topological polar surface area (TPSA) is 167 Å². The van der Waals surface area contributed by atoms with Crippen LogP contribution in [-0.2, 0) is 53.2 Å². The smallest absolute Gasteiger partial charge is 0.320 e. The Kier molecular flexibility index (Phi) is 22.7. The van der Waals surface area contributed by atoms with Gasteiger partial charge in [-0.1, -0.05) is 189 Å². The summed E-state index contributed by atoms with van der Waals surface area (Å²) in [5, 5.41) is 25.8. The number of hydrogen-bond donors (Lipinski definition) is 5. The second-order valence-electron chi connectivity index (χ2n) is 14.5. The van der Waals surface area contributed by atoms with Crippen molar-refractivity contribution >= 4 is 18.2 Å². The molecular weight excluding hydrogens is 751 g/mol. The Hall–Kier alpha value is -6.23. The Morgan fingerprint density at radius 3 is 1.13 bits per heavy atom. The van der Waals surface area contributed by atoms with Crippen molar-refractivity contribution in [3.8, 4) is 0 Å². The Labute approximate surface area is 355 Å². The summed E-state index contributed by atoms with van der Waals surface area (Å²) in [6, 6.07) is 58.7. The average Bonchev–Trinajstić information content (AvgIpc) is 3.28. The fourth-order valence-corrected chi connectivity index (χ4v) is 6.04. The van der Waals surface area contributed by atoms with E-state index in [1.165, 1.54) is 22.3 Å². The average molecular weight is 810 g/mol. The van der Waals surface area contributed by atoms with Gasteiger partial charge in [0.2, 0.25) is 0 Å². The van der Waals surface area contributed by atoms with Gasteiger partial charge in [-0.05, 0) is 59.1 Å². The van der Waals surface area contributed by atoms with E-state index in [1.807, 2.05) is 146 Å². The zero-order valence-corrected chi connectivity index (χ0v) is 34.3. The molecule has 0 aromatic heterocycles. The number of carbonyl (C=O) groups is 3. The molecule has 60 heavy (non-hydrogen) atoms. The van der Waals surface area contributed by atoms with Gasteiger partial charge in [0.1, 0.15) is 12.3 Å². The van der Waals surface area contributed by atoms with Crippen molar-refractivity contribution in [3.05, 3.63) is 215 Å². The fourth-order valence-electron chi connectivity index (χ4n) is 6.04. The Morgan fingerprint density at radius 2 is 0.817 bits per heavy atom. The second kappa shape index (κ2) is 28.2. The van der Waals surface area contributed by atoms with Gasteiger partial charge in [-0.3, -0.25) is 14.5 Å². The summed E-state index contributed by atoms with van der Waals surface area (Å²) in [6.45, 7) is 3.28. The summed E-state index contributed by atoms with van der Waals surface area (Å²) in [5.74, 6) is -2.00. The Bertz CT molecular complexity index is 1920. The Balaban J connectivity index is 0.000000232. The molecule has 6 aromatic rings. The molecule has 7 N–H and O–H groups in total. The van der Waals surface area contributed by atoms with Crippen LogP contribution in [0.3, 0.4) is 0 Å². The molecule has 0 radical (unpaired) electrons. The first-order valence-electron chi connectivity index (χ1n) is 20.1. The molecule has 0 fully saturated rings. The molecule has 0 saturated heterocycles. The molecular formula is C51H59N3O6. The minimum Gasteiger partial charge on any atom is -0.481 e. The number of carboxylic acid groups (broad SMARTS) is 2. The van der Waals surface area contributed by atoms with Crippen molar-refractivity contribution in [3.63, 3.8) is 0 Å². The molecule has 0 unspecified atom stereocenters. The van der Waals surface area contributed by atoms with Gasteiger partial charge >= 0.3 is 11.9 Å². The third-order valence-electron chi connectivity index (χ3n) is 9.37. The lowest BCUT2D eigenvalue weighted by atomic mass is 10.0. The number of carboxylic acids is 2. The van der Waals surface area contributed by atoms with Gasteiger partial charge in [0, 0.05) is 19.1 Å². The molecule has 0 aliphatic rings. The van der Waals surface area contributed by atoms with Crippen LogP contribution in [0.25, 0.3) is 0 Å². The number of nitrogens with two attached hydrogens (primary N) is 2. The lowest BCUT2D eigenvalue weighted by Gasteiger charge is -2.28. The quantitative estimate of drug-likeness (QED) is 0.0582. The molecule has 0 heterocycles. The van der Waals surface area contributed by atoms with E-state index < -0.39 is 18.0 Å². The first kappa shape index (κ1) is 48.1. The molecule has 0 aliphatic heterocycles. The molecule has 6 rings (SSSR count). The highest BCUT2D eigenvalue weighted by molar-refractivity contribution is 5.73. The number of aliphatic hydroxyl groups excluding tert-OH is 1. The van der Waals surface area contributed by atoms with Crippen LogP contribution in [0.1, 0.15) is 40.3 Å². The second-order valence-corrected chi connectivity index (χ2v) is 14.5. The van der Waals surface area contributed by atoms with Gasteiger partial charge in [0.15, 0.2) is 0 Å². The molecule has 9 nitrogen and oxygen atoms in total. The molecule has 314 valence electrons. The summed E-state index contributed by atoms with van der Waals surface area (Å²) < 4.78 is 0. The van der Waals surface area contributed by atoms with E-state index in [-0.39, 0.29) is 24.6 Å². The predicted molar refractivity (Wildman–Crippen MR) is 240 cm³/mol. The number of benzene rings is 6. The highest BCUT2D eigenvalue weighted by Crippen LogP contribution is 2.16. The summed E-state index contributed by atoms with van der Waals surface area (Å²) >= 11 is 0. The predicted octanol–water partition coefficient (Wildman–Crippen LogP) is 7.64. The van der Waals surface area contributed by atoms with Crippen molar-refractivity contribution in [1.82, 2.24) is 4.90 Å². The Morgan fingerprint density at radius 1 is 0.500 bits per heavy atom. The number of carbonyl (C=O) groups excluding carboxylic acids is 1. The van der Waals surface area contributed by atoms with Crippen LogP contribution in [0.2, 0.25) is 0 Å². The van der Waals surface area contributed by atoms with Gasteiger partial charge in [0.25, 0.3) is 0 Å². The van der Waals surface area contributed by atoms with Gasteiger partial charge in [-0.2, -0.15) is 0 Å². The normalized spacial score (nSPS) is 12.3. The van der Waals surface area contributed by atoms with Crippen molar-refractivity contribution < 1.29 is 29.7 Å². The zero-order chi connectivity index (χ0) is 43.4. The maximum atomic E-state index is 11.9. The summed E-state index contributed by atoms with van der Waals surface area (Å²) in [4.78, 5) is 35.0. The molecule has 0 aliphatic carbocycles. The molecule has 0 amide bonds. The third-order valence-corrected chi connectivity index (χ3v) is 9.37. The number of aliphatic carboxylic acids is 2. The largest absolute Gasteiger partial charge is 0.481 e. The fraction of sp³-hybridized carbons (Fsp3) is 0.235. The number of nitrogens with zero attached hydrogens (tertiary/aromatic N) is 1.